The van der Waals surface area contributed by atoms with E-state index >= 15 is 0 Å². The Bertz CT molecular complexity index is 1520. The predicted octanol–water partition coefficient (Wildman–Crippen LogP) is 7.95. The second-order valence-electron chi connectivity index (χ2n) is 9.69. The summed E-state index contributed by atoms with van der Waals surface area (Å²) in [6.45, 7) is 12.6. The number of rotatable bonds is 2. The van der Waals surface area contributed by atoms with Crippen molar-refractivity contribution < 1.29 is 0 Å². The average Bonchev–Trinajstić information content (AvgIpc) is 3.12. The van der Waals surface area contributed by atoms with Crippen LogP contribution in [0.4, 0.5) is 5.69 Å². The SMILES string of the molecule is [C-]#[N+]c1cc2c3c(cnc2c2ccccc12)C(C)(C)CC3(c1ccccc1)c1ccccc1. The summed E-state index contributed by atoms with van der Waals surface area (Å²) in [6, 6.07) is 31.9. The summed E-state index contributed by atoms with van der Waals surface area (Å²) >= 11 is 0. The molecule has 0 unspecified atom stereocenters. The van der Waals surface area contributed by atoms with E-state index < -0.39 is 0 Å². The van der Waals surface area contributed by atoms with Gasteiger partial charge < -0.3 is 0 Å². The molecule has 0 atom stereocenters. The van der Waals surface area contributed by atoms with Crippen molar-refractivity contribution in [3.05, 3.63) is 131 Å². The first-order valence-electron chi connectivity index (χ1n) is 11.4. The van der Waals surface area contributed by atoms with E-state index in [-0.39, 0.29) is 10.8 Å². The first kappa shape index (κ1) is 19.7. The highest BCUT2D eigenvalue weighted by atomic mass is 14.7. The highest BCUT2D eigenvalue weighted by Gasteiger charge is 2.51. The van der Waals surface area contributed by atoms with Crippen LogP contribution in [0.1, 0.15) is 42.5 Å². The zero-order valence-corrected chi connectivity index (χ0v) is 18.8. The topological polar surface area (TPSA) is 17.2 Å². The van der Waals surface area contributed by atoms with Crippen LogP contribution in [0.15, 0.2) is 97.2 Å². The van der Waals surface area contributed by atoms with Crippen LogP contribution in [0.25, 0.3) is 26.5 Å². The van der Waals surface area contributed by atoms with E-state index in [2.05, 4.69) is 97.7 Å². The Morgan fingerprint density at radius 3 is 1.94 bits per heavy atom. The molecule has 0 amide bonds. The number of hydrogen-bond acceptors (Lipinski definition) is 1. The molecule has 0 spiro atoms. The Balaban J connectivity index is 1.85. The van der Waals surface area contributed by atoms with Crippen LogP contribution in [-0.4, -0.2) is 4.98 Å². The van der Waals surface area contributed by atoms with Gasteiger partial charge in [0.1, 0.15) is 0 Å². The molecule has 1 heterocycles. The summed E-state index contributed by atoms with van der Waals surface area (Å²) in [7, 11) is 0. The van der Waals surface area contributed by atoms with Gasteiger partial charge in [0.25, 0.3) is 0 Å². The molecule has 2 nitrogen and oxygen atoms in total. The molecular weight excluding hydrogens is 400 g/mol. The van der Waals surface area contributed by atoms with E-state index in [1.165, 1.54) is 22.3 Å². The van der Waals surface area contributed by atoms with Gasteiger partial charge in [0, 0.05) is 11.6 Å². The second-order valence-corrected chi connectivity index (χ2v) is 9.69. The summed E-state index contributed by atoms with van der Waals surface area (Å²) in [4.78, 5) is 8.93. The lowest BCUT2D eigenvalue weighted by Crippen LogP contribution is -2.29. The third kappa shape index (κ3) is 2.69. The van der Waals surface area contributed by atoms with Crippen molar-refractivity contribution in [3.8, 4) is 0 Å². The first-order chi connectivity index (χ1) is 16.1. The Morgan fingerprint density at radius 1 is 0.758 bits per heavy atom. The van der Waals surface area contributed by atoms with Crippen LogP contribution >= 0.6 is 0 Å². The fourth-order valence-electron chi connectivity index (χ4n) is 6.03. The van der Waals surface area contributed by atoms with E-state index in [0.29, 0.717) is 5.69 Å². The van der Waals surface area contributed by atoms with Gasteiger partial charge in [-0.25, -0.2) is 4.85 Å². The number of hydrogen-bond donors (Lipinski definition) is 0. The lowest BCUT2D eigenvalue weighted by Gasteiger charge is -2.34. The molecule has 0 aliphatic heterocycles. The molecular formula is C31H24N2. The minimum absolute atomic E-state index is 0.0634. The third-order valence-corrected chi connectivity index (χ3v) is 7.37. The Hall–Kier alpha value is -3.96. The van der Waals surface area contributed by atoms with Crippen LogP contribution in [0.3, 0.4) is 0 Å². The molecule has 1 aliphatic carbocycles. The van der Waals surface area contributed by atoms with Crippen LogP contribution < -0.4 is 0 Å². The van der Waals surface area contributed by atoms with Crippen LogP contribution in [-0.2, 0) is 10.8 Å². The lowest BCUT2D eigenvalue weighted by atomic mass is 9.68. The number of fused-ring (bicyclic) bond motifs is 5. The van der Waals surface area contributed by atoms with E-state index in [0.717, 1.165) is 28.1 Å². The quantitative estimate of drug-likeness (QED) is 0.208. The maximum Gasteiger partial charge on any atom is 0.195 e. The Labute approximate surface area is 194 Å². The van der Waals surface area contributed by atoms with Gasteiger partial charge in [-0.15, -0.1) is 0 Å². The summed E-state index contributed by atoms with van der Waals surface area (Å²) in [6.07, 6.45) is 3.04. The standard InChI is InChI=1S/C31H24N2/c1-30(2)20-31(21-12-6-4-7-13-21,22-14-8-5-9-15-22)28-25-18-27(32-3)23-16-10-11-17-24(23)29(25)33-19-26(28)30/h4-19H,20H2,1-2H3. The zero-order valence-electron chi connectivity index (χ0n) is 18.8. The Kier molecular flexibility index (Phi) is 4.19. The van der Waals surface area contributed by atoms with Gasteiger partial charge in [0.05, 0.1) is 12.1 Å². The lowest BCUT2D eigenvalue weighted by molar-refractivity contribution is 0.444. The van der Waals surface area contributed by atoms with Crippen LogP contribution in [0.5, 0.6) is 0 Å². The number of pyridine rings is 1. The number of nitrogens with zero attached hydrogens (tertiary/aromatic N) is 2. The number of aromatic nitrogens is 1. The van der Waals surface area contributed by atoms with Gasteiger partial charge >= 0.3 is 0 Å². The highest BCUT2D eigenvalue weighted by Crippen LogP contribution is 2.58. The van der Waals surface area contributed by atoms with E-state index in [1.807, 2.05) is 18.2 Å². The van der Waals surface area contributed by atoms with E-state index in [4.69, 9.17) is 11.6 Å². The van der Waals surface area contributed by atoms with Crippen molar-refractivity contribution >= 4 is 27.4 Å². The molecule has 0 radical (unpaired) electrons. The molecule has 4 aromatic carbocycles. The fourth-order valence-corrected chi connectivity index (χ4v) is 6.03. The van der Waals surface area contributed by atoms with E-state index in [9.17, 15) is 0 Å². The van der Waals surface area contributed by atoms with Gasteiger partial charge in [0.15, 0.2) is 5.69 Å². The smallest absolute Gasteiger partial charge is 0.195 e. The Morgan fingerprint density at radius 2 is 1.33 bits per heavy atom. The molecule has 6 rings (SSSR count). The summed E-state index contributed by atoms with van der Waals surface area (Å²) in [5, 5.41) is 3.11. The molecule has 1 aromatic heterocycles. The summed E-state index contributed by atoms with van der Waals surface area (Å²) < 4.78 is 0. The normalized spacial score (nSPS) is 15.9. The molecule has 1 aliphatic rings. The van der Waals surface area contributed by atoms with Gasteiger partial charge in [-0.05, 0) is 56.3 Å². The largest absolute Gasteiger partial charge is 0.255 e. The summed E-state index contributed by atoms with van der Waals surface area (Å²) in [5.41, 5.74) is 6.43. The van der Waals surface area contributed by atoms with E-state index in [1.54, 1.807) is 0 Å². The molecule has 5 aromatic rings. The molecule has 2 heteroatoms. The number of benzene rings is 4. The maximum absolute atomic E-state index is 7.91. The van der Waals surface area contributed by atoms with Gasteiger partial charge in [-0.2, -0.15) is 0 Å². The van der Waals surface area contributed by atoms with Crippen molar-refractivity contribution in [2.75, 3.05) is 0 Å². The van der Waals surface area contributed by atoms with Gasteiger partial charge in [-0.3, -0.25) is 4.98 Å². The van der Waals surface area contributed by atoms with Crippen molar-refractivity contribution in [2.24, 2.45) is 0 Å². The molecule has 0 saturated carbocycles. The molecule has 33 heavy (non-hydrogen) atoms. The van der Waals surface area contributed by atoms with Crippen LogP contribution in [0, 0.1) is 6.57 Å². The van der Waals surface area contributed by atoms with Crippen molar-refractivity contribution in [3.63, 3.8) is 0 Å². The molecule has 0 saturated heterocycles. The van der Waals surface area contributed by atoms with Crippen molar-refractivity contribution in [2.45, 2.75) is 31.1 Å². The molecule has 0 fully saturated rings. The monoisotopic (exact) mass is 424 g/mol. The predicted molar refractivity (Wildman–Crippen MR) is 136 cm³/mol. The average molecular weight is 425 g/mol. The van der Waals surface area contributed by atoms with Crippen LogP contribution in [0.2, 0.25) is 0 Å². The highest BCUT2D eigenvalue weighted by molar-refractivity contribution is 6.13. The fraction of sp³-hybridized carbons (Fsp3) is 0.161. The zero-order chi connectivity index (χ0) is 22.6. The summed E-state index contributed by atoms with van der Waals surface area (Å²) in [5.74, 6) is 0. The van der Waals surface area contributed by atoms with Gasteiger partial charge in [0.2, 0.25) is 0 Å². The minimum Gasteiger partial charge on any atom is -0.255 e. The minimum atomic E-state index is -0.315. The molecule has 0 bridgehead atoms. The third-order valence-electron chi connectivity index (χ3n) is 7.37. The second kappa shape index (κ2) is 7.02. The maximum atomic E-state index is 7.91. The molecule has 158 valence electrons. The first-order valence-corrected chi connectivity index (χ1v) is 11.4. The van der Waals surface area contributed by atoms with Crippen molar-refractivity contribution in [1.29, 1.82) is 0 Å². The molecule has 0 N–H and O–H groups in total. The van der Waals surface area contributed by atoms with Gasteiger partial charge in [-0.1, -0.05) is 98.8 Å². The van der Waals surface area contributed by atoms with Crippen molar-refractivity contribution in [1.82, 2.24) is 4.98 Å².